The van der Waals surface area contributed by atoms with E-state index in [9.17, 15) is 0 Å². The minimum atomic E-state index is 0.687. The SMILES string of the molecule is CC(C)CC1CN(C2CCN(C)CC2C)C(C(C)C)CN1. The van der Waals surface area contributed by atoms with Gasteiger partial charge in [0.2, 0.25) is 0 Å². The predicted octanol–water partition coefficient (Wildman–Crippen LogP) is 2.67. The fourth-order valence-electron chi connectivity index (χ4n) is 4.42. The summed E-state index contributed by atoms with van der Waals surface area (Å²) < 4.78 is 0. The van der Waals surface area contributed by atoms with Gasteiger partial charge in [0.15, 0.2) is 0 Å². The molecular formula is C18H37N3. The fourth-order valence-corrected chi connectivity index (χ4v) is 4.42. The van der Waals surface area contributed by atoms with E-state index in [0.717, 1.165) is 23.8 Å². The summed E-state index contributed by atoms with van der Waals surface area (Å²) in [6.07, 6.45) is 2.65. The van der Waals surface area contributed by atoms with E-state index in [4.69, 9.17) is 0 Å². The summed E-state index contributed by atoms with van der Waals surface area (Å²) in [4.78, 5) is 5.38. The van der Waals surface area contributed by atoms with Gasteiger partial charge >= 0.3 is 0 Å². The summed E-state index contributed by atoms with van der Waals surface area (Å²) >= 11 is 0. The van der Waals surface area contributed by atoms with Gasteiger partial charge in [-0.25, -0.2) is 0 Å². The van der Waals surface area contributed by atoms with Crippen LogP contribution in [0.2, 0.25) is 0 Å². The molecule has 2 fully saturated rings. The first-order valence-corrected chi connectivity index (χ1v) is 9.06. The van der Waals surface area contributed by atoms with Crippen molar-refractivity contribution in [2.75, 3.05) is 33.2 Å². The molecule has 3 nitrogen and oxygen atoms in total. The van der Waals surface area contributed by atoms with E-state index in [1.165, 1.54) is 39.0 Å². The molecule has 2 rings (SSSR count). The van der Waals surface area contributed by atoms with Gasteiger partial charge in [-0.3, -0.25) is 4.90 Å². The lowest BCUT2D eigenvalue weighted by Gasteiger charge is -2.50. The van der Waals surface area contributed by atoms with Crippen molar-refractivity contribution >= 4 is 0 Å². The number of piperidine rings is 1. The van der Waals surface area contributed by atoms with Gasteiger partial charge in [0.25, 0.3) is 0 Å². The Hall–Kier alpha value is -0.120. The highest BCUT2D eigenvalue weighted by atomic mass is 15.3. The monoisotopic (exact) mass is 295 g/mol. The highest BCUT2D eigenvalue weighted by Gasteiger charge is 2.38. The third-order valence-corrected chi connectivity index (χ3v) is 5.49. The van der Waals surface area contributed by atoms with Crippen LogP contribution in [0.3, 0.4) is 0 Å². The van der Waals surface area contributed by atoms with Crippen molar-refractivity contribution in [2.45, 2.75) is 65.6 Å². The van der Waals surface area contributed by atoms with Crippen molar-refractivity contribution in [1.29, 1.82) is 0 Å². The van der Waals surface area contributed by atoms with Crippen molar-refractivity contribution in [1.82, 2.24) is 15.1 Å². The molecule has 124 valence electrons. The number of hydrogen-bond acceptors (Lipinski definition) is 3. The molecule has 0 aromatic heterocycles. The Balaban J connectivity index is 2.06. The van der Waals surface area contributed by atoms with Crippen LogP contribution in [0.15, 0.2) is 0 Å². The third kappa shape index (κ3) is 4.43. The normalized spacial score (nSPS) is 36.6. The lowest BCUT2D eigenvalue weighted by atomic mass is 9.87. The van der Waals surface area contributed by atoms with Gasteiger partial charge in [0.05, 0.1) is 0 Å². The Morgan fingerprint density at radius 2 is 1.86 bits per heavy atom. The molecule has 2 aliphatic heterocycles. The number of nitrogens with zero attached hydrogens (tertiary/aromatic N) is 2. The Labute approximate surface area is 132 Å². The minimum absolute atomic E-state index is 0.687. The summed E-state index contributed by atoms with van der Waals surface area (Å²) in [5, 5.41) is 3.82. The molecule has 0 spiro atoms. The molecule has 2 saturated heterocycles. The molecule has 2 aliphatic rings. The molecule has 21 heavy (non-hydrogen) atoms. The average Bonchev–Trinajstić information content (AvgIpc) is 2.37. The van der Waals surface area contributed by atoms with Gasteiger partial charge in [-0.2, -0.15) is 0 Å². The Morgan fingerprint density at radius 1 is 1.14 bits per heavy atom. The average molecular weight is 296 g/mol. The van der Waals surface area contributed by atoms with Gasteiger partial charge in [-0.05, 0) is 44.2 Å². The number of piperazine rings is 1. The molecule has 4 atom stereocenters. The van der Waals surface area contributed by atoms with Crippen LogP contribution in [0.5, 0.6) is 0 Å². The summed E-state index contributed by atoms with van der Waals surface area (Å²) in [6.45, 7) is 16.9. The van der Waals surface area contributed by atoms with Crippen molar-refractivity contribution < 1.29 is 0 Å². The molecule has 1 N–H and O–H groups in total. The first kappa shape index (κ1) is 17.2. The molecule has 0 bridgehead atoms. The highest BCUT2D eigenvalue weighted by Crippen LogP contribution is 2.28. The van der Waals surface area contributed by atoms with E-state index in [1.54, 1.807) is 0 Å². The maximum absolute atomic E-state index is 3.82. The lowest BCUT2D eigenvalue weighted by Crippen LogP contribution is -2.64. The van der Waals surface area contributed by atoms with Crippen LogP contribution in [0.25, 0.3) is 0 Å². The lowest BCUT2D eigenvalue weighted by molar-refractivity contribution is -0.000716. The molecule has 0 aromatic carbocycles. The zero-order valence-electron chi connectivity index (χ0n) is 15.1. The molecule has 0 saturated carbocycles. The Morgan fingerprint density at radius 3 is 2.43 bits per heavy atom. The maximum Gasteiger partial charge on any atom is 0.0247 e. The van der Waals surface area contributed by atoms with Gasteiger partial charge < -0.3 is 10.2 Å². The van der Waals surface area contributed by atoms with Gasteiger partial charge in [-0.15, -0.1) is 0 Å². The summed E-state index contributed by atoms with van der Waals surface area (Å²) in [5.41, 5.74) is 0. The van der Waals surface area contributed by atoms with Crippen LogP contribution < -0.4 is 5.32 Å². The van der Waals surface area contributed by atoms with Crippen LogP contribution in [-0.4, -0.2) is 61.2 Å². The van der Waals surface area contributed by atoms with E-state index < -0.39 is 0 Å². The van der Waals surface area contributed by atoms with Crippen molar-refractivity contribution in [2.24, 2.45) is 17.8 Å². The van der Waals surface area contributed by atoms with Crippen molar-refractivity contribution in [3.8, 4) is 0 Å². The molecule has 3 heteroatoms. The third-order valence-electron chi connectivity index (χ3n) is 5.49. The molecule has 0 aromatic rings. The smallest absolute Gasteiger partial charge is 0.0247 e. The van der Waals surface area contributed by atoms with Crippen molar-refractivity contribution in [3.05, 3.63) is 0 Å². The zero-order chi connectivity index (χ0) is 15.6. The summed E-state index contributed by atoms with van der Waals surface area (Å²) in [7, 11) is 2.27. The van der Waals surface area contributed by atoms with Gasteiger partial charge in [-0.1, -0.05) is 34.6 Å². The van der Waals surface area contributed by atoms with Crippen molar-refractivity contribution in [3.63, 3.8) is 0 Å². The van der Waals surface area contributed by atoms with Gasteiger partial charge in [0.1, 0.15) is 0 Å². The summed E-state index contributed by atoms with van der Waals surface area (Å²) in [5.74, 6) is 2.32. The summed E-state index contributed by atoms with van der Waals surface area (Å²) in [6, 6.07) is 2.18. The highest BCUT2D eigenvalue weighted by molar-refractivity contribution is 4.95. The Bertz CT molecular complexity index is 316. The first-order chi connectivity index (χ1) is 9.88. The molecule has 2 heterocycles. The topological polar surface area (TPSA) is 18.5 Å². The van der Waals surface area contributed by atoms with E-state index in [0.29, 0.717) is 12.1 Å². The molecule has 0 amide bonds. The van der Waals surface area contributed by atoms with Crippen LogP contribution in [0.1, 0.15) is 47.5 Å². The number of likely N-dealkylation sites (tertiary alicyclic amines) is 1. The second-order valence-electron chi connectivity index (χ2n) is 8.34. The Kier molecular flexibility index (Phi) is 6.10. The number of hydrogen-bond donors (Lipinski definition) is 1. The van der Waals surface area contributed by atoms with E-state index >= 15 is 0 Å². The quantitative estimate of drug-likeness (QED) is 0.860. The van der Waals surface area contributed by atoms with E-state index in [1.807, 2.05) is 0 Å². The largest absolute Gasteiger partial charge is 0.311 e. The van der Waals surface area contributed by atoms with Gasteiger partial charge in [0, 0.05) is 37.8 Å². The van der Waals surface area contributed by atoms with E-state index in [2.05, 4.69) is 56.8 Å². The fraction of sp³-hybridized carbons (Fsp3) is 1.00. The van der Waals surface area contributed by atoms with E-state index in [-0.39, 0.29) is 0 Å². The molecule has 0 aliphatic carbocycles. The van der Waals surface area contributed by atoms with Crippen LogP contribution in [-0.2, 0) is 0 Å². The zero-order valence-corrected chi connectivity index (χ0v) is 15.1. The maximum atomic E-state index is 3.82. The number of rotatable bonds is 4. The molecule has 0 radical (unpaired) electrons. The minimum Gasteiger partial charge on any atom is -0.311 e. The van der Waals surface area contributed by atoms with Crippen LogP contribution >= 0.6 is 0 Å². The number of nitrogens with one attached hydrogen (secondary N) is 1. The standard InChI is InChI=1S/C18H37N3/c1-13(2)9-16-12-21(18(10-19-16)14(3)4)17-7-8-20(6)11-15(17)5/h13-19H,7-12H2,1-6H3. The molecular weight excluding hydrogens is 258 g/mol. The second kappa shape index (κ2) is 7.43. The predicted molar refractivity (Wildman–Crippen MR) is 91.6 cm³/mol. The molecule has 4 unspecified atom stereocenters. The second-order valence-corrected chi connectivity index (χ2v) is 8.34. The first-order valence-electron chi connectivity index (χ1n) is 9.06. The van der Waals surface area contributed by atoms with Crippen LogP contribution in [0, 0.1) is 17.8 Å². The van der Waals surface area contributed by atoms with Crippen LogP contribution in [0.4, 0.5) is 0 Å².